The number of carbonyl (C=O) groups is 2. The Kier molecular flexibility index (Phi) is 6.36. The fourth-order valence-corrected chi connectivity index (χ4v) is 2.61. The summed E-state index contributed by atoms with van der Waals surface area (Å²) in [5, 5.41) is 5.64. The van der Waals surface area contributed by atoms with Crippen LogP contribution in [0.5, 0.6) is 5.88 Å². The topological polar surface area (TPSA) is 80.3 Å². The van der Waals surface area contributed by atoms with Crippen molar-refractivity contribution in [3.8, 4) is 5.88 Å². The summed E-state index contributed by atoms with van der Waals surface area (Å²) in [5.74, 6) is -0.473. The van der Waals surface area contributed by atoms with Crippen LogP contribution in [0.15, 0.2) is 72.8 Å². The summed E-state index contributed by atoms with van der Waals surface area (Å²) in [5.41, 5.74) is 2.39. The van der Waals surface area contributed by atoms with Crippen LogP contribution in [0.2, 0.25) is 0 Å². The number of hydrogen-bond acceptors (Lipinski definition) is 4. The van der Waals surface area contributed by atoms with Gasteiger partial charge in [-0.05, 0) is 17.2 Å². The molecule has 2 amide bonds. The molecule has 3 rings (SSSR count). The molecule has 0 atom stereocenters. The maximum absolute atomic E-state index is 12.5. The standard InChI is InChI=1S/C22H21N3O3/c1-28-20-13-18(21(26)23-14-16-8-4-2-5-9-16)12-19(25-20)22(27)24-15-17-10-6-3-7-11-17/h2-13H,14-15H2,1H3,(H,23,26)(H,24,27). The molecule has 6 heteroatoms. The summed E-state index contributed by atoms with van der Waals surface area (Å²) in [7, 11) is 1.44. The molecule has 142 valence electrons. The molecule has 0 aliphatic carbocycles. The SMILES string of the molecule is COc1cc(C(=O)NCc2ccccc2)cc(C(=O)NCc2ccccc2)n1. The van der Waals surface area contributed by atoms with Gasteiger partial charge in [-0.3, -0.25) is 9.59 Å². The van der Waals surface area contributed by atoms with Crippen molar-refractivity contribution in [2.75, 3.05) is 7.11 Å². The van der Waals surface area contributed by atoms with Crippen molar-refractivity contribution in [3.63, 3.8) is 0 Å². The predicted molar refractivity (Wildman–Crippen MR) is 106 cm³/mol. The highest BCUT2D eigenvalue weighted by atomic mass is 16.5. The summed E-state index contributed by atoms with van der Waals surface area (Å²) in [6, 6.07) is 22.1. The second-order valence-electron chi connectivity index (χ2n) is 6.12. The first-order chi connectivity index (χ1) is 13.7. The molecule has 3 aromatic rings. The van der Waals surface area contributed by atoms with E-state index in [0.717, 1.165) is 11.1 Å². The third kappa shape index (κ3) is 5.17. The molecule has 2 N–H and O–H groups in total. The Balaban J connectivity index is 1.70. The van der Waals surface area contributed by atoms with Gasteiger partial charge in [0.2, 0.25) is 5.88 Å². The van der Waals surface area contributed by atoms with Gasteiger partial charge < -0.3 is 15.4 Å². The number of ether oxygens (including phenoxy) is 1. The molecule has 1 heterocycles. The third-order valence-electron chi connectivity index (χ3n) is 4.10. The number of amides is 2. The molecule has 0 aliphatic rings. The minimum Gasteiger partial charge on any atom is -0.481 e. The van der Waals surface area contributed by atoms with Crippen LogP contribution in [-0.4, -0.2) is 23.9 Å². The highest BCUT2D eigenvalue weighted by Crippen LogP contribution is 2.13. The average molecular weight is 375 g/mol. The minimum absolute atomic E-state index is 0.125. The zero-order valence-electron chi connectivity index (χ0n) is 15.5. The molecule has 2 aromatic carbocycles. The third-order valence-corrected chi connectivity index (χ3v) is 4.10. The van der Waals surface area contributed by atoms with Gasteiger partial charge >= 0.3 is 0 Å². The van der Waals surface area contributed by atoms with Crippen LogP contribution < -0.4 is 15.4 Å². The van der Waals surface area contributed by atoms with Crippen LogP contribution >= 0.6 is 0 Å². The van der Waals surface area contributed by atoms with E-state index < -0.39 is 0 Å². The maximum atomic E-state index is 12.5. The molecule has 0 bridgehead atoms. The van der Waals surface area contributed by atoms with E-state index in [9.17, 15) is 9.59 Å². The molecule has 0 saturated heterocycles. The zero-order chi connectivity index (χ0) is 19.8. The monoisotopic (exact) mass is 375 g/mol. The van der Waals surface area contributed by atoms with Gasteiger partial charge in [0.1, 0.15) is 5.69 Å². The van der Waals surface area contributed by atoms with E-state index in [4.69, 9.17) is 4.74 Å². The van der Waals surface area contributed by atoms with E-state index in [2.05, 4.69) is 15.6 Å². The van der Waals surface area contributed by atoms with E-state index >= 15 is 0 Å². The summed E-state index contributed by atoms with van der Waals surface area (Å²) in [6.45, 7) is 0.758. The Morgan fingerprint density at radius 3 is 1.89 bits per heavy atom. The van der Waals surface area contributed by atoms with Gasteiger partial charge in [-0.1, -0.05) is 60.7 Å². The van der Waals surface area contributed by atoms with E-state index in [1.54, 1.807) is 0 Å². The molecule has 6 nitrogen and oxygen atoms in total. The fraction of sp³-hybridized carbons (Fsp3) is 0.136. The first-order valence-electron chi connectivity index (χ1n) is 8.86. The molecule has 1 aromatic heterocycles. The van der Waals surface area contributed by atoms with Gasteiger partial charge in [0.25, 0.3) is 11.8 Å². The smallest absolute Gasteiger partial charge is 0.270 e. The van der Waals surface area contributed by atoms with Crippen molar-refractivity contribution in [3.05, 3.63) is 95.2 Å². The molecular weight excluding hydrogens is 354 g/mol. The van der Waals surface area contributed by atoms with Gasteiger partial charge in [0.05, 0.1) is 7.11 Å². The highest BCUT2D eigenvalue weighted by Gasteiger charge is 2.15. The Hall–Kier alpha value is -3.67. The van der Waals surface area contributed by atoms with Crippen molar-refractivity contribution in [2.45, 2.75) is 13.1 Å². The van der Waals surface area contributed by atoms with Crippen LogP contribution in [0.1, 0.15) is 32.0 Å². The molecular formula is C22H21N3O3. The maximum Gasteiger partial charge on any atom is 0.270 e. The summed E-state index contributed by atoms with van der Waals surface area (Å²) >= 11 is 0. The van der Waals surface area contributed by atoms with Crippen molar-refractivity contribution in [1.29, 1.82) is 0 Å². The van der Waals surface area contributed by atoms with Crippen LogP contribution in [0.3, 0.4) is 0 Å². The van der Waals surface area contributed by atoms with E-state index in [0.29, 0.717) is 18.7 Å². The second kappa shape index (κ2) is 9.32. The quantitative estimate of drug-likeness (QED) is 0.665. The summed E-state index contributed by atoms with van der Waals surface area (Å²) in [4.78, 5) is 29.1. The predicted octanol–water partition coefficient (Wildman–Crippen LogP) is 2.95. The molecule has 0 radical (unpaired) electrons. The van der Waals surface area contributed by atoms with Crippen LogP contribution in [0.25, 0.3) is 0 Å². The number of benzene rings is 2. The van der Waals surface area contributed by atoms with E-state index in [1.165, 1.54) is 19.2 Å². The van der Waals surface area contributed by atoms with E-state index in [1.807, 2.05) is 60.7 Å². The van der Waals surface area contributed by atoms with Crippen molar-refractivity contribution < 1.29 is 14.3 Å². The van der Waals surface area contributed by atoms with Gasteiger partial charge in [0, 0.05) is 24.7 Å². The number of nitrogens with one attached hydrogen (secondary N) is 2. The lowest BCUT2D eigenvalue weighted by atomic mass is 10.1. The Morgan fingerprint density at radius 1 is 0.821 bits per heavy atom. The Bertz CT molecular complexity index is 870. The Labute approximate surface area is 163 Å². The number of carbonyl (C=O) groups excluding carboxylic acids is 2. The van der Waals surface area contributed by atoms with Crippen LogP contribution in [0.4, 0.5) is 0 Å². The minimum atomic E-state index is -0.375. The molecule has 0 aliphatic heterocycles. The molecule has 28 heavy (non-hydrogen) atoms. The van der Waals surface area contributed by atoms with Crippen molar-refractivity contribution in [1.82, 2.24) is 15.6 Å². The molecule has 0 fully saturated rings. The average Bonchev–Trinajstić information content (AvgIpc) is 2.76. The molecule has 0 unspecified atom stereocenters. The normalized spacial score (nSPS) is 10.2. The van der Waals surface area contributed by atoms with Gasteiger partial charge in [0.15, 0.2) is 0 Å². The van der Waals surface area contributed by atoms with Crippen molar-refractivity contribution in [2.24, 2.45) is 0 Å². The van der Waals surface area contributed by atoms with E-state index in [-0.39, 0.29) is 23.4 Å². The first kappa shape index (κ1) is 19.1. The molecule has 0 spiro atoms. The first-order valence-corrected chi connectivity index (χ1v) is 8.86. The van der Waals surface area contributed by atoms with Crippen LogP contribution in [0, 0.1) is 0 Å². The van der Waals surface area contributed by atoms with Crippen molar-refractivity contribution >= 4 is 11.8 Å². The Morgan fingerprint density at radius 2 is 1.36 bits per heavy atom. The lowest BCUT2D eigenvalue weighted by molar-refractivity contribution is 0.0945. The lowest BCUT2D eigenvalue weighted by Crippen LogP contribution is -2.26. The number of methoxy groups -OCH3 is 1. The number of nitrogens with zero attached hydrogens (tertiary/aromatic N) is 1. The number of rotatable bonds is 7. The fourth-order valence-electron chi connectivity index (χ4n) is 2.61. The van der Waals surface area contributed by atoms with Gasteiger partial charge in [-0.25, -0.2) is 4.98 Å². The largest absolute Gasteiger partial charge is 0.481 e. The number of pyridine rings is 1. The van der Waals surface area contributed by atoms with Gasteiger partial charge in [-0.15, -0.1) is 0 Å². The molecule has 0 saturated carbocycles. The van der Waals surface area contributed by atoms with Gasteiger partial charge in [-0.2, -0.15) is 0 Å². The van der Waals surface area contributed by atoms with Crippen LogP contribution in [-0.2, 0) is 13.1 Å². The second-order valence-corrected chi connectivity index (χ2v) is 6.12. The summed E-state index contributed by atoms with van der Waals surface area (Å²) < 4.78 is 5.15. The number of hydrogen-bond donors (Lipinski definition) is 2. The lowest BCUT2D eigenvalue weighted by Gasteiger charge is -2.10. The summed E-state index contributed by atoms with van der Waals surface area (Å²) in [6.07, 6.45) is 0. The zero-order valence-corrected chi connectivity index (χ0v) is 15.5. The number of aromatic nitrogens is 1. The highest BCUT2D eigenvalue weighted by molar-refractivity contribution is 5.98.